The number of carbonyl (C=O) groups is 1. The minimum absolute atomic E-state index is 0.0574. The van der Waals surface area contributed by atoms with Crippen molar-refractivity contribution in [3.63, 3.8) is 0 Å². The van der Waals surface area contributed by atoms with Crippen LogP contribution < -0.4 is 10.2 Å². The average molecular weight is 280 g/mol. The van der Waals surface area contributed by atoms with E-state index in [4.69, 9.17) is 5.11 Å². The topological polar surface area (TPSA) is 72.8 Å². The molecule has 0 aliphatic carbocycles. The van der Waals surface area contributed by atoms with Crippen molar-refractivity contribution in [3.05, 3.63) is 29.8 Å². The minimum Gasteiger partial charge on any atom is -0.393 e. The summed E-state index contributed by atoms with van der Waals surface area (Å²) in [6.07, 6.45) is 1.02. The average Bonchev–Trinajstić information content (AvgIpc) is 2.43. The lowest BCUT2D eigenvalue weighted by molar-refractivity contribution is -0.122. The van der Waals surface area contributed by atoms with E-state index >= 15 is 0 Å². The van der Waals surface area contributed by atoms with Crippen molar-refractivity contribution in [1.29, 1.82) is 0 Å². The van der Waals surface area contributed by atoms with Crippen LogP contribution in [-0.2, 0) is 11.2 Å². The minimum atomic E-state index is -1.26. The van der Waals surface area contributed by atoms with Gasteiger partial charge in [-0.25, -0.2) is 0 Å². The quantitative estimate of drug-likeness (QED) is 0.682. The molecule has 0 aliphatic heterocycles. The van der Waals surface area contributed by atoms with Gasteiger partial charge in [-0.2, -0.15) is 0 Å². The number of aliphatic hydroxyl groups is 2. The first kappa shape index (κ1) is 16.5. The zero-order valence-corrected chi connectivity index (χ0v) is 12.4. The fraction of sp³-hybridized carbons (Fsp3) is 0.533. The molecule has 3 N–H and O–H groups in total. The second kappa shape index (κ2) is 7.26. The monoisotopic (exact) mass is 280 g/mol. The maximum Gasteiger partial charge on any atom is 0.220 e. The predicted octanol–water partition coefficient (Wildman–Crippen LogP) is 0.545. The molecule has 1 atom stereocenters. The van der Waals surface area contributed by atoms with Gasteiger partial charge in [-0.1, -0.05) is 12.1 Å². The number of anilines is 1. The van der Waals surface area contributed by atoms with Gasteiger partial charge in [-0.05, 0) is 31.0 Å². The summed E-state index contributed by atoms with van der Waals surface area (Å²) >= 11 is 0. The summed E-state index contributed by atoms with van der Waals surface area (Å²) in [5, 5.41) is 21.1. The molecule has 0 fully saturated rings. The third-order valence-electron chi connectivity index (χ3n) is 3.10. The molecular formula is C15H24N2O3. The molecule has 0 aromatic heterocycles. The number of aryl methyl sites for hydroxylation is 1. The van der Waals surface area contributed by atoms with Crippen LogP contribution in [0.3, 0.4) is 0 Å². The van der Waals surface area contributed by atoms with Crippen LogP contribution in [0.15, 0.2) is 24.3 Å². The number of nitrogens with one attached hydrogen (secondary N) is 1. The Bertz CT molecular complexity index is 427. The Morgan fingerprint density at radius 3 is 2.40 bits per heavy atom. The molecule has 0 saturated carbocycles. The van der Waals surface area contributed by atoms with Gasteiger partial charge in [0.1, 0.15) is 5.60 Å². The van der Waals surface area contributed by atoms with Gasteiger partial charge in [-0.3, -0.25) is 4.79 Å². The molecule has 1 aromatic carbocycles. The molecule has 0 spiro atoms. The third-order valence-corrected chi connectivity index (χ3v) is 3.10. The molecule has 0 aliphatic rings. The fourth-order valence-electron chi connectivity index (χ4n) is 1.65. The number of benzene rings is 1. The summed E-state index contributed by atoms with van der Waals surface area (Å²) in [4.78, 5) is 13.7. The number of amides is 1. The van der Waals surface area contributed by atoms with E-state index in [1.807, 2.05) is 43.3 Å². The van der Waals surface area contributed by atoms with Gasteiger partial charge in [-0.15, -0.1) is 0 Å². The molecule has 0 radical (unpaired) electrons. The summed E-state index contributed by atoms with van der Waals surface area (Å²) in [7, 11) is 3.96. The van der Waals surface area contributed by atoms with E-state index in [-0.39, 0.29) is 19.1 Å². The van der Waals surface area contributed by atoms with Crippen molar-refractivity contribution in [2.24, 2.45) is 0 Å². The predicted molar refractivity (Wildman–Crippen MR) is 79.8 cm³/mol. The van der Waals surface area contributed by atoms with Crippen LogP contribution >= 0.6 is 0 Å². The van der Waals surface area contributed by atoms with Crippen LogP contribution in [0, 0.1) is 0 Å². The van der Waals surface area contributed by atoms with Crippen LogP contribution in [0.5, 0.6) is 0 Å². The van der Waals surface area contributed by atoms with E-state index < -0.39 is 5.60 Å². The Balaban J connectivity index is 2.37. The molecule has 1 unspecified atom stereocenters. The van der Waals surface area contributed by atoms with Crippen LogP contribution in [-0.4, -0.2) is 49.0 Å². The highest BCUT2D eigenvalue weighted by atomic mass is 16.3. The lowest BCUT2D eigenvalue weighted by Gasteiger charge is -2.20. The Labute approximate surface area is 120 Å². The molecule has 5 nitrogen and oxygen atoms in total. The molecule has 112 valence electrons. The Hall–Kier alpha value is -1.59. The zero-order chi connectivity index (χ0) is 15.2. The van der Waals surface area contributed by atoms with Crippen molar-refractivity contribution in [1.82, 2.24) is 5.32 Å². The summed E-state index contributed by atoms with van der Waals surface area (Å²) < 4.78 is 0. The molecule has 1 amide bonds. The molecule has 1 aromatic rings. The number of hydrogen-bond acceptors (Lipinski definition) is 4. The molecule has 5 heteroatoms. The smallest absolute Gasteiger partial charge is 0.220 e. The normalized spacial score (nSPS) is 13.7. The second-order valence-corrected chi connectivity index (χ2v) is 5.49. The first-order valence-corrected chi connectivity index (χ1v) is 6.70. The van der Waals surface area contributed by atoms with Gasteiger partial charge < -0.3 is 20.4 Å². The van der Waals surface area contributed by atoms with Gasteiger partial charge in [0.2, 0.25) is 5.91 Å². The third kappa shape index (κ3) is 5.59. The fourth-order valence-corrected chi connectivity index (χ4v) is 1.65. The van der Waals surface area contributed by atoms with E-state index in [9.17, 15) is 9.90 Å². The van der Waals surface area contributed by atoms with Crippen molar-refractivity contribution in [3.8, 4) is 0 Å². The van der Waals surface area contributed by atoms with Gasteiger partial charge in [0.25, 0.3) is 0 Å². The van der Waals surface area contributed by atoms with Crippen molar-refractivity contribution in [2.45, 2.75) is 25.4 Å². The standard InChI is InChI=1S/C15H24N2O3/c1-15(20,11-18)10-16-14(19)9-6-12-4-7-13(8-5-12)17(2)3/h4-5,7-8,18,20H,6,9-11H2,1-3H3,(H,16,19). The van der Waals surface area contributed by atoms with E-state index in [1.54, 1.807) is 0 Å². The highest BCUT2D eigenvalue weighted by Crippen LogP contribution is 2.13. The summed E-state index contributed by atoms with van der Waals surface area (Å²) in [6, 6.07) is 8.05. The van der Waals surface area contributed by atoms with E-state index in [2.05, 4.69) is 5.32 Å². The zero-order valence-electron chi connectivity index (χ0n) is 12.4. The Morgan fingerprint density at radius 2 is 1.90 bits per heavy atom. The number of aliphatic hydroxyl groups excluding tert-OH is 1. The Morgan fingerprint density at radius 1 is 1.30 bits per heavy atom. The van der Waals surface area contributed by atoms with Gasteiger partial charge in [0.05, 0.1) is 6.61 Å². The molecule has 0 saturated heterocycles. The maximum absolute atomic E-state index is 11.6. The van der Waals surface area contributed by atoms with Crippen molar-refractivity contribution < 1.29 is 15.0 Å². The largest absolute Gasteiger partial charge is 0.393 e. The summed E-state index contributed by atoms with van der Waals surface area (Å²) in [5.74, 6) is -0.129. The Kier molecular flexibility index (Phi) is 5.98. The van der Waals surface area contributed by atoms with Crippen LogP contribution in [0.25, 0.3) is 0 Å². The van der Waals surface area contributed by atoms with Gasteiger partial charge >= 0.3 is 0 Å². The number of rotatable bonds is 7. The molecule has 0 bridgehead atoms. The van der Waals surface area contributed by atoms with Gasteiger partial charge in [0, 0.05) is 32.7 Å². The summed E-state index contributed by atoms with van der Waals surface area (Å²) in [6.45, 7) is 1.16. The van der Waals surface area contributed by atoms with Crippen molar-refractivity contribution >= 4 is 11.6 Å². The first-order chi connectivity index (χ1) is 9.34. The molecule has 1 rings (SSSR count). The second-order valence-electron chi connectivity index (χ2n) is 5.49. The number of carbonyl (C=O) groups excluding carboxylic acids is 1. The lowest BCUT2D eigenvalue weighted by atomic mass is 10.1. The summed E-state index contributed by atoms with van der Waals surface area (Å²) in [5.41, 5.74) is 0.958. The number of hydrogen-bond donors (Lipinski definition) is 3. The van der Waals surface area contributed by atoms with E-state index in [1.165, 1.54) is 6.92 Å². The van der Waals surface area contributed by atoms with Crippen LogP contribution in [0.4, 0.5) is 5.69 Å². The molecule has 20 heavy (non-hydrogen) atoms. The van der Waals surface area contributed by atoms with Crippen LogP contribution in [0.1, 0.15) is 18.9 Å². The maximum atomic E-state index is 11.6. The molecular weight excluding hydrogens is 256 g/mol. The van der Waals surface area contributed by atoms with Crippen LogP contribution in [0.2, 0.25) is 0 Å². The van der Waals surface area contributed by atoms with Crippen molar-refractivity contribution in [2.75, 3.05) is 32.1 Å². The SMILES string of the molecule is CN(C)c1ccc(CCC(=O)NCC(C)(O)CO)cc1. The van der Waals surface area contributed by atoms with Gasteiger partial charge in [0.15, 0.2) is 0 Å². The van der Waals surface area contributed by atoms with E-state index in [0.29, 0.717) is 12.8 Å². The highest BCUT2D eigenvalue weighted by Gasteiger charge is 2.19. The van der Waals surface area contributed by atoms with E-state index in [0.717, 1.165) is 11.3 Å². The number of nitrogens with zero attached hydrogens (tertiary/aromatic N) is 1. The highest BCUT2D eigenvalue weighted by molar-refractivity contribution is 5.76. The first-order valence-electron chi connectivity index (χ1n) is 6.70. The molecule has 0 heterocycles. The lowest BCUT2D eigenvalue weighted by Crippen LogP contribution is -2.43.